The fraction of sp³-hybridized carbons (Fsp3) is 0.375. The minimum Gasteiger partial charge on any atom is -0.508 e. The Kier molecular flexibility index (Phi) is 2.83. The Hall–Kier alpha value is -2.75. The summed E-state index contributed by atoms with van der Waals surface area (Å²) in [7, 11) is 0. The Morgan fingerprint density at radius 3 is 2.50 bits per heavy atom. The number of amides is 1. The van der Waals surface area contributed by atoms with Gasteiger partial charge in [0.1, 0.15) is 5.75 Å². The van der Waals surface area contributed by atoms with Gasteiger partial charge >= 0.3 is 0 Å². The molecule has 0 atom stereocenters. The van der Waals surface area contributed by atoms with E-state index in [1.807, 2.05) is 24.3 Å². The third-order valence-electron chi connectivity index (χ3n) is 4.69. The Morgan fingerprint density at radius 1 is 1.11 bits per heavy atom. The fourth-order valence-electron chi connectivity index (χ4n) is 3.20. The summed E-state index contributed by atoms with van der Waals surface area (Å²) in [5.41, 5.74) is -2.39. The lowest BCUT2D eigenvalue weighted by molar-refractivity contribution is -0.112. The molecule has 28 heavy (non-hydrogen) atoms. The summed E-state index contributed by atoms with van der Waals surface area (Å²) >= 11 is 0. The number of phenolic OH excluding ortho intramolecular Hbond substituents is 1. The van der Waals surface area contributed by atoms with E-state index in [0.29, 0.717) is 12.0 Å². The van der Waals surface area contributed by atoms with E-state index in [1.165, 1.54) is 0 Å². The van der Waals surface area contributed by atoms with Gasteiger partial charge in [-0.15, -0.1) is 0 Å². The van der Waals surface area contributed by atoms with Crippen LogP contribution in [-0.2, 0) is 22.0 Å². The van der Waals surface area contributed by atoms with E-state index in [2.05, 4.69) is 10.6 Å². The van der Waals surface area contributed by atoms with Crippen molar-refractivity contribution >= 4 is 17.3 Å². The number of hydrogen-bond donors (Lipinski definition) is 3. The van der Waals surface area contributed by atoms with Crippen LogP contribution in [-0.4, -0.2) is 11.0 Å². The van der Waals surface area contributed by atoms with Gasteiger partial charge in [0.2, 0.25) is 0 Å². The molecule has 0 aliphatic carbocycles. The number of carbonyl (C=O) groups excluding carboxylic acids is 1. The maximum Gasteiger partial charge on any atom is 0.253 e. The summed E-state index contributed by atoms with van der Waals surface area (Å²) in [5, 5.41) is 16.7. The first-order valence-electron chi connectivity index (χ1n) is 13.4. The molecule has 2 aromatic rings. The van der Waals surface area contributed by atoms with Gasteiger partial charge in [-0.3, -0.25) is 4.79 Å². The monoisotopic (exact) mass is 387 g/mol. The number of benzene rings is 2. The van der Waals surface area contributed by atoms with E-state index in [4.69, 9.17) is 12.3 Å². The van der Waals surface area contributed by atoms with Crippen LogP contribution in [0.2, 0.25) is 0 Å². The lowest BCUT2D eigenvalue weighted by Crippen LogP contribution is -2.23. The van der Waals surface area contributed by atoms with Crippen molar-refractivity contribution < 1.29 is 22.2 Å². The second kappa shape index (κ2) is 7.01. The van der Waals surface area contributed by atoms with Crippen LogP contribution in [0, 0.1) is 0 Å². The van der Waals surface area contributed by atoms with Crippen LogP contribution >= 0.6 is 0 Å². The Labute approximate surface area is 180 Å². The molecule has 1 aliphatic heterocycles. The molecule has 1 aliphatic rings. The van der Waals surface area contributed by atoms with Crippen molar-refractivity contribution in [3.8, 4) is 5.75 Å². The van der Waals surface area contributed by atoms with Gasteiger partial charge < -0.3 is 15.7 Å². The van der Waals surface area contributed by atoms with Gasteiger partial charge in [-0.1, -0.05) is 59.5 Å². The number of carbonyl (C=O) groups is 1. The van der Waals surface area contributed by atoms with Crippen molar-refractivity contribution in [3.05, 3.63) is 64.9 Å². The summed E-state index contributed by atoms with van der Waals surface area (Å²) in [4.78, 5) is 13.2. The third kappa shape index (κ3) is 4.06. The number of hydrogen-bond acceptors (Lipinski definition) is 3. The van der Waals surface area contributed by atoms with Crippen LogP contribution in [0.1, 0.15) is 70.4 Å². The van der Waals surface area contributed by atoms with Gasteiger partial charge in [0.25, 0.3) is 5.91 Å². The van der Waals surface area contributed by atoms with Crippen LogP contribution in [0.15, 0.2) is 48.2 Å². The predicted octanol–water partition coefficient (Wildman–Crippen LogP) is 5.48. The summed E-state index contributed by atoms with van der Waals surface area (Å²) in [6.07, 6.45) is 1.90. The van der Waals surface area contributed by atoms with Gasteiger partial charge in [0, 0.05) is 48.0 Å². The standard InChI is InChI=1S/C24H30N2O2/c1-23(2,3)17-12-18(24(4,5)6)21(27)13-20(17)26-22(28)16-11-15-9-7-8-10-19(15)25-14-16/h7-10,12-14,25,27H,11H2,1-6H3,(H,26,28)/i4D3,5D3,6D3. The first-order valence-corrected chi connectivity index (χ1v) is 8.94. The predicted molar refractivity (Wildman–Crippen MR) is 116 cm³/mol. The third-order valence-corrected chi connectivity index (χ3v) is 4.69. The molecule has 4 nitrogen and oxygen atoms in total. The van der Waals surface area contributed by atoms with Crippen LogP contribution in [0.25, 0.3) is 0 Å². The fourth-order valence-corrected chi connectivity index (χ4v) is 3.20. The Balaban J connectivity index is 2.17. The van der Waals surface area contributed by atoms with Crippen LogP contribution in [0.5, 0.6) is 5.75 Å². The van der Waals surface area contributed by atoms with E-state index in [-0.39, 0.29) is 11.3 Å². The molecule has 0 spiro atoms. The van der Waals surface area contributed by atoms with E-state index >= 15 is 0 Å². The molecular formula is C24H30N2O2. The summed E-state index contributed by atoms with van der Waals surface area (Å²) in [6.45, 7) is -5.40. The molecule has 0 saturated heterocycles. The summed E-state index contributed by atoms with van der Waals surface area (Å²) in [5.74, 6) is -1.35. The van der Waals surface area contributed by atoms with Gasteiger partial charge in [-0.2, -0.15) is 0 Å². The number of phenols is 1. The van der Waals surface area contributed by atoms with E-state index < -0.39 is 48.6 Å². The number of fused-ring (bicyclic) bond motifs is 1. The zero-order valence-corrected chi connectivity index (χ0v) is 16.1. The maximum absolute atomic E-state index is 13.2. The van der Waals surface area contributed by atoms with Crippen molar-refractivity contribution in [2.75, 3.05) is 10.6 Å². The average molecular weight is 388 g/mol. The Bertz CT molecular complexity index is 1200. The molecule has 4 heteroatoms. The molecule has 148 valence electrons. The molecule has 3 N–H and O–H groups in total. The Morgan fingerprint density at radius 2 is 1.82 bits per heavy atom. The van der Waals surface area contributed by atoms with E-state index in [1.54, 1.807) is 27.0 Å². The molecule has 0 fully saturated rings. The van der Waals surface area contributed by atoms with Crippen molar-refractivity contribution in [1.82, 2.24) is 0 Å². The summed E-state index contributed by atoms with van der Waals surface area (Å²) in [6, 6.07) is 9.57. The SMILES string of the molecule is [2H]C([2H])([2H])C(c1cc(C(C)(C)C)c(NC(=O)C2=CNc3ccccc3C2)cc1O)(C([2H])([2H])[2H])C([2H])([2H])[2H]. The first-order chi connectivity index (χ1) is 16.7. The van der Waals surface area contributed by atoms with Gasteiger partial charge in [-0.25, -0.2) is 0 Å². The molecule has 0 aromatic heterocycles. The molecule has 1 amide bonds. The minimum atomic E-state index is -3.53. The van der Waals surface area contributed by atoms with Crippen LogP contribution in [0.3, 0.4) is 0 Å². The van der Waals surface area contributed by atoms with E-state index in [0.717, 1.165) is 23.4 Å². The topological polar surface area (TPSA) is 61.4 Å². The second-order valence-electron chi connectivity index (χ2n) is 8.02. The molecule has 1 heterocycles. The first kappa shape index (κ1) is 11.3. The molecule has 2 aromatic carbocycles. The normalized spacial score (nSPS) is 20.1. The lowest BCUT2D eigenvalue weighted by atomic mass is 9.79. The quantitative estimate of drug-likeness (QED) is 0.639. The van der Waals surface area contributed by atoms with Crippen LogP contribution in [0.4, 0.5) is 11.4 Å². The molecule has 0 unspecified atom stereocenters. The highest BCUT2D eigenvalue weighted by Gasteiger charge is 2.27. The number of para-hydroxylation sites is 1. The molecule has 0 saturated carbocycles. The van der Waals surface area contributed by atoms with Crippen molar-refractivity contribution in [3.63, 3.8) is 0 Å². The molecule has 0 bridgehead atoms. The smallest absolute Gasteiger partial charge is 0.253 e. The van der Waals surface area contributed by atoms with Gasteiger partial charge in [-0.05, 0) is 39.7 Å². The summed E-state index contributed by atoms with van der Waals surface area (Å²) < 4.78 is 71.9. The average Bonchev–Trinajstić information content (AvgIpc) is 2.71. The molecular weight excluding hydrogens is 348 g/mol. The van der Waals surface area contributed by atoms with Crippen molar-refractivity contribution in [2.24, 2.45) is 0 Å². The number of anilines is 2. The van der Waals surface area contributed by atoms with Gasteiger partial charge in [0.15, 0.2) is 0 Å². The highest BCUT2D eigenvalue weighted by Crippen LogP contribution is 2.39. The lowest BCUT2D eigenvalue weighted by Gasteiger charge is -2.28. The van der Waals surface area contributed by atoms with Gasteiger partial charge in [0.05, 0.1) is 0 Å². The molecule has 3 rings (SSSR count). The van der Waals surface area contributed by atoms with Crippen molar-refractivity contribution in [1.29, 1.82) is 0 Å². The van der Waals surface area contributed by atoms with Crippen LogP contribution < -0.4 is 10.6 Å². The minimum absolute atomic E-state index is 0.106. The van der Waals surface area contributed by atoms with Crippen molar-refractivity contribution in [2.45, 2.75) is 58.6 Å². The highest BCUT2D eigenvalue weighted by molar-refractivity contribution is 6.05. The number of aromatic hydroxyl groups is 1. The number of nitrogens with one attached hydrogen (secondary N) is 2. The molecule has 0 radical (unpaired) electrons. The van der Waals surface area contributed by atoms with E-state index in [9.17, 15) is 9.90 Å². The second-order valence-corrected chi connectivity index (χ2v) is 8.02. The zero-order chi connectivity index (χ0) is 28.2. The zero-order valence-electron chi connectivity index (χ0n) is 25.1. The maximum atomic E-state index is 13.2. The highest BCUT2D eigenvalue weighted by atomic mass is 16.3. The number of rotatable bonds is 2. The largest absolute Gasteiger partial charge is 0.508 e.